The summed E-state index contributed by atoms with van der Waals surface area (Å²) in [5, 5.41) is 7.16. The summed E-state index contributed by atoms with van der Waals surface area (Å²) in [6.07, 6.45) is 10.0. The Morgan fingerprint density at radius 2 is 2.29 bits per heavy atom. The molecule has 1 saturated heterocycles. The van der Waals surface area contributed by atoms with E-state index in [0.29, 0.717) is 6.04 Å². The molecule has 2 heteroatoms. The minimum Gasteiger partial charge on any atom is -0.388 e. The highest BCUT2D eigenvalue weighted by Crippen LogP contribution is 2.33. The zero-order chi connectivity index (χ0) is 9.38. The van der Waals surface area contributed by atoms with Gasteiger partial charge in [-0.05, 0) is 43.9 Å². The molecular weight excluding hydrogens is 172 g/mol. The minimum absolute atomic E-state index is 0.650. The molecular formula is C12H18N2. The van der Waals surface area contributed by atoms with Gasteiger partial charge in [-0.1, -0.05) is 6.08 Å². The molecule has 0 spiro atoms. The fraction of sp³-hybridized carbons (Fsp3) is 0.667. The van der Waals surface area contributed by atoms with Crippen molar-refractivity contribution in [3.63, 3.8) is 0 Å². The first-order chi connectivity index (χ1) is 6.93. The Hall–Kier alpha value is -0.760. The molecule has 1 fully saturated rings. The van der Waals surface area contributed by atoms with Crippen LogP contribution < -0.4 is 10.6 Å². The molecule has 2 atom stereocenters. The summed E-state index contributed by atoms with van der Waals surface area (Å²) in [5.74, 6) is 0.802. The lowest BCUT2D eigenvalue weighted by molar-refractivity contribution is 0.359. The number of hydrogen-bond donors (Lipinski definition) is 2. The van der Waals surface area contributed by atoms with E-state index in [2.05, 4.69) is 22.8 Å². The van der Waals surface area contributed by atoms with Crippen LogP contribution in [0.3, 0.4) is 0 Å². The number of piperidine rings is 1. The second kappa shape index (κ2) is 3.43. The van der Waals surface area contributed by atoms with Crippen molar-refractivity contribution in [3.05, 3.63) is 23.4 Å². The smallest absolute Gasteiger partial charge is 0.0324 e. The van der Waals surface area contributed by atoms with E-state index in [1.165, 1.54) is 43.5 Å². The van der Waals surface area contributed by atoms with E-state index in [1.54, 1.807) is 0 Å². The van der Waals surface area contributed by atoms with Crippen LogP contribution >= 0.6 is 0 Å². The van der Waals surface area contributed by atoms with Crippen molar-refractivity contribution in [2.75, 3.05) is 13.1 Å². The Labute approximate surface area is 85.5 Å². The van der Waals surface area contributed by atoms with Crippen LogP contribution in [0.5, 0.6) is 0 Å². The summed E-state index contributed by atoms with van der Waals surface area (Å²) < 4.78 is 0. The average Bonchev–Trinajstić information content (AvgIpc) is 2.26. The molecule has 0 saturated carbocycles. The summed E-state index contributed by atoms with van der Waals surface area (Å²) in [6, 6.07) is 0.650. The predicted octanol–water partition coefficient (Wildman–Crippen LogP) is 1.56. The molecule has 0 bridgehead atoms. The van der Waals surface area contributed by atoms with Gasteiger partial charge in [-0.2, -0.15) is 0 Å². The van der Waals surface area contributed by atoms with Gasteiger partial charge in [-0.15, -0.1) is 0 Å². The summed E-state index contributed by atoms with van der Waals surface area (Å²) in [6.45, 7) is 2.34. The van der Waals surface area contributed by atoms with Gasteiger partial charge in [0.05, 0.1) is 0 Å². The van der Waals surface area contributed by atoms with Gasteiger partial charge in [0.15, 0.2) is 0 Å². The average molecular weight is 190 g/mol. The van der Waals surface area contributed by atoms with Crippen LogP contribution in [0.25, 0.3) is 0 Å². The van der Waals surface area contributed by atoms with Gasteiger partial charge in [0.2, 0.25) is 0 Å². The van der Waals surface area contributed by atoms with Gasteiger partial charge in [0, 0.05) is 24.2 Å². The van der Waals surface area contributed by atoms with Gasteiger partial charge in [-0.3, -0.25) is 0 Å². The highest BCUT2D eigenvalue weighted by Gasteiger charge is 2.29. The van der Waals surface area contributed by atoms with Crippen LogP contribution in [0.2, 0.25) is 0 Å². The normalized spacial score (nSPS) is 36.0. The van der Waals surface area contributed by atoms with Crippen LogP contribution in [-0.4, -0.2) is 19.1 Å². The van der Waals surface area contributed by atoms with Crippen molar-refractivity contribution in [1.29, 1.82) is 0 Å². The van der Waals surface area contributed by atoms with Crippen LogP contribution in [0.1, 0.15) is 25.7 Å². The molecule has 0 radical (unpaired) electrons. The summed E-state index contributed by atoms with van der Waals surface area (Å²) >= 11 is 0. The Kier molecular flexibility index (Phi) is 2.09. The van der Waals surface area contributed by atoms with E-state index in [-0.39, 0.29) is 0 Å². The minimum atomic E-state index is 0.650. The molecule has 3 rings (SSSR count). The monoisotopic (exact) mass is 190 g/mol. The molecule has 2 N–H and O–H groups in total. The van der Waals surface area contributed by atoms with Crippen molar-refractivity contribution in [2.45, 2.75) is 31.7 Å². The fourth-order valence-electron chi connectivity index (χ4n) is 2.89. The van der Waals surface area contributed by atoms with E-state index < -0.39 is 0 Å². The molecule has 2 unspecified atom stereocenters. The van der Waals surface area contributed by atoms with Crippen molar-refractivity contribution in [3.8, 4) is 0 Å². The quantitative estimate of drug-likeness (QED) is 0.606. The van der Waals surface area contributed by atoms with Gasteiger partial charge in [0.1, 0.15) is 0 Å². The number of nitrogens with one attached hydrogen (secondary N) is 2. The molecule has 2 heterocycles. The van der Waals surface area contributed by atoms with Crippen LogP contribution in [-0.2, 0) is 0 Å². The molecule has 0 aromatic heterocycles. The van der Waals surface area contributed by atoms with Crippen LogP contribution in [0.15, 0.2) is 23.4 Å². The van der Waals surface area contributed by atoms with E-state index in [4.69, 9.17) is 0 Å². The third-order valence-electron chi connectivity index (χ3n) is 3.66. The molecule has 0 aromatic rings. The summed E-state index contributed by atoms with van der Waals surface area (Å²) in [7, 11) is 0. The zero-order valence-electron chi connectivity index (χ0n) is 8.55. The maximum Gasteiger partial charge on any atom is 0.0324 e. The van der Waals surface area contributed by atoms with E-state index in [0.717, 1.165) is 12.5 Å². The molecule has 2 nitrogen and oxygen atoms in total. The van der Waals surface area contributed by atoms with E-state index >= 15 is 0 Å². The lowest BCUT2D eigenvalue weighted by Gasteiger charge is -2.37. The van der Waals surface area contributed by atoms with Gasteiger partial charge >= 0.3 is 0 Å². The standard InChI is InChI=1S/C12H18N2/c1-3-9-7-12-10(4-2-6-14-12)8-11(9)13-5-1/h3,7,10-11,13-14H,1-2,4-6,8H2. The second-order valence-corrected chi connectivity index (χ2v) is 4.60. The van der Waals surface area contributed by atoms with Gasteiger partial charge in [0.25, 0.3) is 0 Å². The molecule has 0 aromatic carbocycles. The summed E-state index contributed by atoms with van der Waals surface area (Å²) in [4.78, 5) is 0. The summed E-state index contributed by atoms with van der Waals surface area (Å²) in [5.41, 5.74) is 3.03. The SMILES string of the molecule is C1=C2NCCCC2CC2NCCC=C12. The third kappa shape index (κ3) is 1.38. The Balaban J connectivity index is 1.89. The number of hydrogen-bond acceptors (Lipinski definition) is 2. The van der Waals surface area contributed by atoms with Gasteiger partial charge < -0.3 is 10.6 Å². The zero-order valence-corrected chi connectivity index (χ0v) is 8.55. The topological polar surface area (TPSA) is 24.1 Å². The molecule has 1 aliphatic carbocycles. The van der Waals surface area contributed by atoms with E-state index in [9.17, 15) is 0 Å². The largest absolute Gasteiger partial charge is 0.388 e. The number of rotatable bonds is 0. The molecule has 2 aliphatic heterocycles. The third-order valence-corrected chi connectivity index (χ3v) is 3.66. The number of allylic oxidation sites excluding steroid dienone is 1. The van der Waals surface area contributed by atoms with Crippen molar-refractivity contribution in [2.24, 2.45) is 5.92 Å². The number of fused-ring (bicyclic) bond motifs is 2. The van der Waals surface area contributed by atoms with Crippen molar-refractivity contribution in [1.82, 2.24) is 10.6 Å². The lowest BCUT2D eigenvalue weighted by Crippen LogP contribution is -2.42. The molecule has 76 valence electrons. The van der Waals surface area contributed by atoms with Gasteiger partial charge in [-0.25, -0.2) is 0 Å². The second-order valence-electron chi connectivity index (χ2n) is 4.60. The van der Waals surface area contributed by atoms with Crippen LogP contribution in [0.4, 0.5) is 0 Å². The Morgan fingerprint density at radius 3 is 3.29 bits per heavy atom. The van der Waals surface area contributed by atoms with Crippen LogP contribution in [0, 0.1) is 5.92 Å². The van der Waals surface area contributed by atoms with Crippen molar-refractivity contribution < 1.29 is 0 Å². The molecule has 3 aliphatic rings. The first-order valence-corrected chi connectivity index (χ1v) is 5.82. The Morgan fingerprint density at radius 1 is 1.29 bits per heavy atom. The first-order valence-electron chi connectivity index (χ1n) is 5.82. The van der Waals surface area contributed by atoms with E-state index in [1.807, 2.05) is 0 Å². The fourth-order valence-corrected chi connectivity index (χ4v) is 2.89. The maximum atomic E-state index is 3.61. The predicted molar refractivity (Wildman–Crippen MR) is 57.9 cm³/mol. The lowest BCUT2D eigenvalue weighted by atomic mass is 9.80. The highest BCUT2D eigenvalue weighted by atomic mass is 14.9. The van der Waals surface area contributed by atoms with Crippen molar-refractivity contribution >= 4 is 0 Å². The Bertz CT molecular complexity index is 291. The highest BCUT2D eigenvalue weighted by molar-refractivity contribution is 5.35. The first kappa shape index (κ1) is 8.54. The maximum absolute atomic E-state index is 3.61. The molecule has 14 heavy (non-hydrogen) atoms. The molecule has 0 amide bonds.